The highest BCUT2D eigenvalue weighted by atomic mass is 28.4. The Hall–Kier alpha value is -1.17. The Morgan fingerprint density at radius 3 is 2.18 bits per heavy atom. The molecule has 2 aromatic rings. The van der Waals surface area contributed by atoms with E-state index in [-0.39, 0.29) is 6.10 Å². The summed E-state index contributed by atoms with van der Waals surface area (Å²) in [6, 6.07) is 15.7. The molecular formula is C19H26OSi2. The van der Waals surface area contributed by atoms with Crippen molar-refractivity contribution in [1.29, 1.82) is 0 Å². The van der Waals surface area contributed by atoms with Gasteiger partial charge in [-0.3, -0.25) is 0 Å². The van der Waals surface area contributed by atoms with Gasteiger partial charge < -0.3 is 4.43 Å². The van der Waals surface area contributed by atoms with E-state index >= 15 is 0 Å². The van der Waals surface area contributed by atoms with E-state index in [2.05, 4.69) is 82.5 Å². The van der Waals surface area contributed by atoms with Gasteiger partial charge >= 0.3 is 0 Å². The Bertz CT molecular complexity index is 716. The van der Waals surface area contributed by atoms with Crippen LogP contribution in [0.1, 0.15) is 13.8 Å². The molecule has 1 aliphatic heterocycles. The molecule has 0 spiro atoms. The van der Waals surface area contributed by atoms with Crippen LogP contribution >= 0.6 is 0 Å². The number of hydrogen-bond acceptors (Lipinski definition) is 1. The van der Waals surface area contributed by atoms with Gasteiger partial charge in [0.2, 0.25) is 0 Å². The number of benzene rings is 2. The second kappa shape index (κ2) is 5.19. The first-order valence-corrected chi connectivity index (χ1v) is 14.1. The van der Waals surface area contributed by atoms with E-state index in [1.54, 1.807) is 10.4 Å². The largest absolute Gasteiger partial charge is 0.406 e. The van der Waals surface area contributed by atoms with Crippen molar-refractivity contribution in [3.05, 3.63) is 42.5 Å². The third-order valence-corrected chi connectivity index (χ3v) is 10.7. The maximum absolute atomic E-state index is 6.65. The quantitative estimate of drug-likeness (QED) is 0.786. The summed E-state index contributed by atoms with van der Waals surface area (Å²) < 4.78 is 6.65. The normalized spacial score (nSPS) is 20.1. The average molecular weight is 327 g/mol. The highest BCUT2D eigenvalue weighted by Crippen LogP contribution is 2.29. The second-order valence-corrected chi connectivity index (χ2v) is 16.1. The van der Waals surface area contributed by atoms with Crippen LogP contribution in [0, 0.1) is 0 Å². The minimum atomic E-state index is -2.11. The summed E-state index contributed by atoms with van der Waals surface area (Å²) in [5.74, 6) is 0. The van der Waals surface area contributed by atoms with Gasteiger partial charge in [-0.2, -0.15) is 0 Å². The smallest absolute Gasteiger partial charge is 0.254 e. The molecular weight excluding hydrogens is 300 g/mol. The molecule has 1 atom stereocenters. The van der Waals surface area contributed by atoms with Gasteiger partial charge in [0.15, 0.2) is 0 Å². The lowest BCUT2D eigenvalue weighted by molar-refractivity contribution is 0.242. The molecule has 0 amide bonds. The van der Waals surface area contributed by atoms with Gasteiger partial charge in [-0.05, 0) is 41.9 Å². The van der Waals surface area contributed by atoms with E-state index < -0.39 is 16.4 Å². The molecule has 1 aliphatic rings. The molecule has 0 saturated carbocycles. The molecule has 1 heterocycles. The summed E-state index contributed by atoms with van der Waals surface area (Å²) in [7, 11) is -3.52. The zero-order chi connectivity index (χ0) is 16.1. The molecule has 0 radical (unpaired) electrons. The molecule has 0 saturated heterocycles. The fraction of sp³-hybridized carbons (Fsp3) is 0.368. The van der Waals surface area contributed by atoms with E-state index in [1.165, 1.54) is 16.3 Å². The Balaban J connectivity index is 2.35. The van der Waals surface area contributed by atoms with Crippen LogP contribution in [0.4, 0.5) is 0 Å². The number of hydrogen-bond donors (Lipinski definition) is 0. The highest BCUT2D eigenvalue weighted by molar-refractivity contribution is 7.05. The van der Waals surface area contributed by atoms with E-state index in [1.807, 2.05) is 0 Å². The van der Waals surface area contributed by atoms with Crippen molar-refractivity contribution in [2.24, 2.45) is 0 Å². The third kappa shape index (κ3) is 2.32. The van der Waals surface area contributed by atoms with Gasteiger partial charge in [-0.25, -0.2) is 0 Å². The van der Waals surface area contributed by atoms with Crippen molar-refractivity contribution in [3.63, 3.8) is 0 Å². The summed E-state index contributed by atoms with van der Waals surface area (Å²) in [6.45, 7) is 14.0. The topological polar surface area (TPSA) is 9.23 Å². The predicted octanol–water partition coefficient (Wildman–Crippen LogP) is 3.33. The van der Waals surface area contributed by atoms with Crippen LogP contribution in [-0.2, 0) is 4.43 Å². The molecule has 22 heavy (non-hydrogen) atoms. The first-order chi connectivity index (χ1) is 10.2. The lowest BCUT2D eigenvalue weighted by atomic mass is 10.1. The van der Waals surface area contributed by atoms with Crippen LogP contribution < -0.4 is 15.6 Å². The molecule has 3 rings (SSSR count). The molecule has 2 aromatic carbocycles. The Morgan fingerprint density at radius 2 is 1.55 bits per heavy atom. The number of fused-ring (bicyclic) bond motifs is 3. The predicted molar refractivity (Wildman–Crippen MR) is 102 cm³/mol. The van der Waals surface area contributed by atoms with Crippen molar-refractivity contribution >= 4 is 32.0 Å². The summed E-state index contributed by atoms with van der Waals surface area (Å²) in [4.78, 5) is 0. The standard InChI is InChI=1S/C19H26OSi2/c1-14(2)20-22(6)17-12-8-7-10-15(17)16-11-9-13-18(19(16)22)21(3,4)5/h7-14H,1-6H3. The molecule has 116 valence electrons. The Kier molecular flexibility index (Phi) is 3.70. The van der Waals surface area contributed by atoms with Crippen LogP contribution in [0.3, 0.4) is 0 Å². The molecule has 0 bridgehead atoms. The molecule has 1 nitrogen and oxygen atoms in total. The lowest BCUT2D eigenvalue weighted by Gasteiger charge is -2.32. The van der Waals surface area contributed by atoms with Gasteiger partial charge in [0, 0.05) is 6.10 Å². The molecule has 0 fully saturated rings. The minimum absolute atomic E-state index is 0.255. The molecule has 0 N–H and O–H groups in total. The van der Waals surface area contributed by atoms with Crippen molar-refractivity contribution in [2.75, 3.05) is 0 Å². The van der Waals surface area contributed by atoms with Crippen molar-refractivity contribution in [3.8, 4) is 11.1 Å². The van der Waals surface area contributed by atoms with Crippen LogP contribution in [0.25, 0.3) is 11.1 Å². The van der Waals surface area contributed by atoms with E-state index in [0.717, 1.165) is 0 Å². The summed E-state index contributed by atoms with van der Waals surface area (Å²) >= 11 is 0. The monoisotopic (exact) mass is 326 g/mol. The summed E-state index contributed by atoms with van der Waals surface area (Å²) in [6.07, 6.45) is 0.255. The number of rotatable bonds is 3. The van der Waals surface area contributed by atoms with Crippen LogP contribution in [0.15, 0.2) is 42.5 Å². The van der Waals surface area contributed by atoms with Gasteiger partial charge in [0.1, 0.15) is 0 Å². The highest BCUT2D eigenvalue weighted by Gasteiger charge is 2.46. The maximum Gasteiger partial charge on any atom is 0.254 e. The molecule has 0 aromatic heterocycles. The van der Waals surface area contributed by atoms with E-state index in [9.17, 15) is 0 Å². The van der Waals surface area contributed by atoms with E-state index in [0.29, 0.717) is 0 Å². The molecule has 1 unspecified atom stereocenters. The first kappa shape index (κ1) is 15.7. The fourth-order valence-electron chi connectivity index (χ4n) is 3.78. The van der Waals surface area contributed by atoms with E-state index in [4.69, 9.17) is 4.43 Å². The van der Waals surface area contributed by atoms with Crippen molar-refractivity contribution in [2.45, 2.75) is 46.1 Å². The lowest BCUT2D eigenvalue weighted by Crippen LogP contribution is -2.64. The van der Waals surface area contributed by atoms with Gasteiger partial charge in [-0.15, -0.1) is 0 Å². The van der Waals surface area contributed by atoms with Gasteiger partial charge in [0.25, 0.3) is 8.32 Å². The fourth-order valence-corrected chi connectivity index (χ4v) is 11.0. The summed E-state index contributed by atoms with van der Waals surface area (Å²) in [5.41, 5.74) is 2.82. The first-order valence-electron chi connectivity index (χ1n) is 8.17. The Morgan fingerprint density at radius 1 is 0.909 bits per heavy atom. The minimum Gasteiger partial charge on any atom is -0.406 e. The van der Waals surface area contributed by atoms with Gasteiger partial charge in [-0.1, -0.05) is 67.3 Å². The van der Waals surface area contributed by atoms with Crippen LogP contribution in [0.5, 0.6) is 0 Å². The van der Waals surface area contributed by atoms with Gasteiger partial charge in [0.05, 0.1) is 8.07 Å². The van der Waals surface area contributed by atoms with Crippen molar-refractivity contribution < 1.29 is 4.43 Å². The van der Waals surface area contributed by atoms with Crippen LogP contribution in [0.2, 0.25) is 26.2 Å². The third-order valence-electron chi connectivity index (χ3n) is 4.55. The van der Waals surface area contributed by atoms with Crippen molar-refractivity contribution in [1.82, 2.24) is 0 Å². The zero-order valence-corrected chi connectivity index (χ0v) is 16.5. The Labute approximate surface area is 136 Å². The van der Waals surface area contributed by atoms with Crippen LogP contribution in [-0.4, -0.2) is 22.5 Å². The zero-order valence-electron chi connectivity index (χ0n) is 14.5. The maximum atomic E-state index is 6.65. The SMILES string of the molecule is CC(C)O[Si]1(C)c2ccccc2-c2cccc([Si](C)(C)C)c21. The second-order valence-electron chi connectivity index (χ2n) is 7.72. The summed E-state index contributed by atoms with van der Waals surface area (Å²) in [5, 5.41) is 4.57. The molecule has 0 aliphatic carbocycles. The average Bonchev–Trinajstić information content (AvgIpc) is 2.68. The molecule has 3 heteroatoms.